The summed E-state index contributed by atoms with van der Waals surface area (Å²) in [6.45, 7) is 2.11. The fourth-order valence-corrected chi connectivity index (χ4v) is 2.03. The zero-order valence-corrected chi connectivity index (χ0v) is 10.7. The summed E-state index contributed by atoms with van der Waals surface area (Å²) in [6.07, 6.45) is 1.65. The standard InChI is InChI=1S/C12H13N5O2/c1-3-19-12(18)10-8-5-4-6-14-11(8)17(2)9(10)7-15-16-13/h4-6H,3,7H2,1-2H3. The maximum atomic E-state index is 12.1. The van der Waals surface area contributed by atoms with E-state index in [9.17, 15) is 4.79 Å². The van der Waals surface area contributed by atoms with Gasteiger partial charge in [-0.15, -0.1) is 0 Å². The van der Waals surface area contributed by atoms with Crippen molar-refractivity contribution in [3.05, 3.63) is 40.0 Å². The lowest BCUT2D eigenvalue weighted by molar-refractivity contribution is 0.0527. The van der Waals surface area contributed by atoms with Gasteiger partial charge in [0.2, 0.25) is 0 Å². The first-order chi connectivity index (χ1) is 9.20. The fourth-order valence-electron chi connectivity index (χ4n) is 2.03. The molecular formula is C12H13N5O2. The van der Waals surface area contributed by atoms with E-state index in [1.54, 1.807) is 36.9 Å². The first-order valence-corrected chi connectivity index (χ1v) is 5.81. The predicted octanol–water partition coefficient (Wildman–Crippen LogP) is 2.56. The van der Waals surface area contributed by atoms with Crippen molar-refractivity contribution in [1.82, 2.24) is 9.55 Å². The Kier molecular flexibility index (Phi) is 3.68. The molecule has 2 aromatic rings. The van der Waals surface area contributed by atoms with Crippen molar-refractivity contribution >= 4 is 17.0 Å². The average Bonchev–Trinajstić information content (AvgIpc) is 2.70. The molecule has 98 valence electrons. The topological polar surface area (TPSA) is 92.9 Å². The van der Waals surface area contributed by atoms with Crippen LogP contribution < -0.4 is 0 Å². The van der Waals surface area contributed by atoms with Gasteiger partial charge in [0.15, 0.2) is 0 Å². The van der Waals surface area contributed by atoms with Crippen LogP contribution in [0.5, 0.6) is 0 Å². The lowest BCUT2D eigenvalue weighted by Gasteiger charge is -2.04. The molecule has 2 heterocycles. The van der Waals surface area contributed by atoms with Crippen LogP contribution in [0.1, 0.15) is 23.0 Å². The van der Waals surface area contributed by atoms with Gasteiger partial charge in [0, 0.05) is 29.2 Å². The SMILES string of the molecule is CCOC(=O)c1c(CN=[N+]=[N-])n(C)c2ncccc12. The highest BCUT2D eigenvalue weighted by Crippen LogP contribution is 2.25. The quantitative estimate of drug-likeness (QED) is 0.365. The number of carbonyl (C=O) groups excluding carboxylic acids is 1. The predicted molar refractivity (Wildman–Crippen MR) is 69.5 cm³/mol. The van der Waals surface area contributed by atoms with E-state index in [0.29, 0.717) is 22.3 Å². The van der Waals surface area contributed by atoms with Crippen LogP contribution in [-0.2, 0) is 18.3 Å². The summed E-state index contributed by atoms with van der Waals surface area (Å²) >= 11 is 0. The van der Waals surface area contributed by atoms with Gasteiger partial charge in [0.1, 0.15) is 5.65 Å². The number of nitrogens with zero attached hydrogens (tertiary/aromatic N) is 5. The van der Waals surface area contributed by atoms with Gasteiger partial charge in [-0.1, -0.05) is 5.11 Å². The van der Waals surface area contributed by atoms with Crippen LogP contribution in [0.4, 0.5) is 0 Å². The third kappa shape index (κ3) is 2.23. The van der Waals surface area contributed by atoms with Gasteiger partial charge in [-0.25, -0.2) is 9.78 Å². The van der Waals surface area contributed by atoms with Crippen molar-refractivity contribution in [1.29, 1.82) is 0 Å². The van der Waals surface area contributed by atoms with Crippen molar-refractivity contribution in [3.63, 3.8) is 0 Å². The Hall–Kier alpha value is -2.53. The Morgan fingerprint density at radius 3 is 3.11 bits per heavy atom. The minimum atomic E-state index is -0.427. The van der Waals surface area contributed by atoms with Crippen molar-refractivity contribution in [3.8, 4) is 0 Å². The number of esters is 1. The number of rotatable bonds is 4. The van der Waals surface area contributed by atoms with Gasteiger partial charge >= 0.3 is 5.97 Å². The first-order valence-electron chi connectivity index (χ1n) is 5.81. The highest BCUT2D eigenvalue weighted by Gasteiger charge is 2.21. The lowest BCUT2D eigenvalue weighted by Crippen LogP contribution is -2.08. The normalized spacial score (nSPS) is 10.2. The van der Waals surface area contributed by atoms with Gasteiger partial charge in [-0.05, 0) is 24.6 Å². The van der Waals surface area contributed by atoms with E-state index in [4.69, 9.17) is 10.3 Å². The molecule has 0 bridgehead atoms. The fraction of sp³-hybridized carbons (Fsp3) is 0.333. The van der Waals surface area contributed by atoms with Crippen LogP contribution in [-0.4, -0.2) is 22.1 Å². The average molecular weight is 259 g/mol. The molecule has 0 aliphatic heterocycles. The summed E-state index contributed by atoms with van der Waals surface area (Å²) in [6, 6.07) is 3.55. The summed E-state index contributed by atoms with van der Waals surface area (Å²) in [4.78, 5) is 19.0. The molecule has 0 saturated carbocycles. The number of carbonyl (C=O) groups is 1. The lowest BCUT2D eigenvalue weighted by atomic mass is 10.1. The third-order valence-corrected chi connectivity index (χ3v) is 2.83. The van der Waals surface area contributed by atoms with E-state index >= 15 is 0 Å². The number of aromatic nitrogens is 2. The molecule has 7 nitrogen and oxygen atoms in total. The van der Waals surface area contributed by atoms with Crippen LogP contribution in [0.2, 0.25) is 0 Å². The molecule has 0 aliphatic rings. The molecule has 0 aliphatic carbocycles. The maximum absolute atomic E-state index is 12.1. The maximum Gasteiger partial charge on any atom is 0.340 e. The van der Waals surface area contributed by atoms with Gasteiger partial charge < -0.3 is 9.30 Å². The summed E-state index contributed by atoms with van der Waals surface area (Å²) in [5.74, 6) is -0.427. The van der Waals surface area contributed by atoms with Crippen molar-refractivity contribution in [2.45, 2.75) is 13.5 Å². The van der Waals surface area contributed by atoms with Crippen molar-refractivity contribution < 1.29 is 9.53 Å². The van der Waals surface area contributed by atoms with Crippen LogP contribution in [0, 0.1) is 0 Å². The molecule has 0 aromatic carbocycles. The zero-order chi connectivity index (χ0) is 13.8. The second-order valence-electron chi connectivity index (χ2n) is 3.86. The number of aryl methyl sites for hydroxylation is 1. The third-order valence-electron chi connectivity index (χ3n) is 2.83. The second-order valence-corrected chi connectivity index (χ2v) is 3.86. The zero-order valence-electron chi connectivity index (χ0n) is 10.7. The molecule has 0 atom stereocenters. The Labute approximate surface area is 109 Å². The minimum absolute atomic E-state index is 0.0809. The summed E-state index contributed by atoms with van der Waals surface area (Å²) in [5, 5.41) is 4.23. The van der Waals surface area contributed by atoms with Crippen molar-refractivity contribution in [2.75, 3.05) is 6.61 Å². The molecular weight excluding hydrogens is 246 g/mol. The molecule has 0 fully saturated rings. The summed E-state index contributed by atoms with van der Waals surface area (Å²) < 4.78 is 6.80. The number of fused-ring (bicyclic) bond motifs is 1. The Bertz CT molecular complexity index is 670. The number of azide groups is 1. The van der Waals surface area contributed by atoms with Gasteiger partial charge in [-0.2, -0.15) is 0 Å². The molecule has 19 heavy (non-hydrogen) atoms. The van der Waals surface area contributed by atoms with E-state index in [2.05, 4.69) is 15.0 Å². The first kappa shape index (κ1) is 12.9. The molecule has 0 saturated heterocycles. The number of hydrogen-bond donors (Lipinski definition) is 0. The van der Waals surface area contributed by atoms with Gasteiger partial charge in [0.25, 0.3) is 0 Å². The van der Waals surface area contributed by atoms with E-state index in [1.807, 2.05) is 0 Å². The largest absolute Gasteiger partial charge is 0.462 e. The molecule has 0 N–H and O–H groups in total. The monoisotopic (exact) mass is 259 g/mol. The second kappa shape index (κ2) is 5.41. The Balaban J connectivity index is 2.68. The van der Waals surface area contributed by atoms with E-state index in [1.165, 1.54) is 0 Å². The molecule has 0 unspecified atom stereocenters. The number of pyridine rings is 1. The van der Waals surface area contributed by atoms with E-state index < -0.39 is 5.97 Å². The highest BCUT2D eigenvalue weighted by atomic mass is 16.5. The minimum Gasteiger partial charge on any atom is -0.462 e. The van der Waals surface area contributed by atoms with Crippen molar-refractivity contribution in [2.24, 2.45) is 12.2 Å². The highest BCUT2D eigenvalue weighted by molar-refractivity contribution is 6.05. The van der Waals surface area contributed by atoms with E-state index in [-0.39, 0.29) is 13.2 Å². The van der Waals surface area contributed by atoms with Crippen LogP contribution in [0.15, 0.2) is 23.4 Å². The van der Waals surface area contributed by atoms with Crippen LogP contribution >= 0.6 is 0 Å². The Morgan fingerprint density at radius 2 is 2.42 bits per heavy atom. The molecule has 7 heteroatoms. The molecule has 0 amide bonds. The van der Waals surface area contributed by atoms with E-state index in [0.717, 1.165) is 0 Å². The summed E-state index contributed by atoms with van der Waals surface area (Å²) in [5.41, 5.74) is 10.1. The molecule has 0 spiro atoms. The Morgan fingerprint density at radius 1 is 1.63 bits per heavy atom. The smallest absolute Gasteiger partial charge is 0.340 e. The van der Waals surface area contributed by atoms with Gasteiger partial charge in [-0.3, -0.25) is 0 Å². The molecule has 2 aromatic heterocycles. The summed E-state index contributed by atoms with van der Waals surface area (Å²) in [7, 11) is 1.78. The molecule has 2 rings (SSSR count). The number of hydrogen-bond acceptors (Lipinski definition) is 4. The molecule has 0 radical (unpaired) electrons. The van der Waals surface area contributed by atoms with Gasteiger partial charge in [0.05, 0.1) is 18.7 Å². The van der Waals surface area contributed by atoms with Crippen LogP contribution in [0.3, 0.4) is 0 Å². The number of ether oxygens (including phenoxy) is 1. The van der Waals surface area contributed by atoms with Crippen LogP contribution in [0.25, 0.3) is 21.5 Å².